The van der Waals surface area contributed by atoms with Crippen LogP contribution in [0.15, 0.2) is 6.20 Å². The van der Waals surface area contributed by atoms with Crippen molar-refractivity contribution in [3.05, 3.63) is 17.5 Å². The smallest absolute Gasteiger partial charge is 0.215 e. The lowest BCUT2D eigenvalue weighted by Gasteiger charge is -2.21. The van der Waals surface area contributed by atoms with Crippen LogP contribution in [-0.2, 0) is 22.0 Å². The van der Waals surface area contributed by atoms with Crippen molar-refractivity contribution in [1.82, 2.24) is 19.8 Å². The maximum absolute atomic E-state index is 12.1. The van der Waals surface area contributed by atoms with E-state index < -0.39 is 10.0 Å². The van der Waals surface area contributed by atoms with Gasteiger partial charge in [-0.15, -0.1) is 0 Å². The third-order valence-corrected chi connectivity index (χ3v) is 5.83. The third-order valence-electron chi connectivity index (χ3n) is 3.88. The summed E-state index contributed by atoms with van der Waals surface area (Å²) in [5.74, 6) is 0. The number of aromatic amines is 1. The second-order valence-corrected chi connectivity index (χ2v) is 8.75. The molecule has 0 unspecified atom stereocenters. The zero-order valence-corrected chi connectivity index (χ0v) is 14.1. The maximum atomic E-state index is 12.1. The van der Waals surface area contributed by atoms with Gasteiger partial charge in [0.05, 0.1) is 11.4 Å². The molecule has 0 bridgehead atoms. The van der Waals surface area contributed by atoms with Gasteiger partial charge < -0.3 is 0 Å². The fraction of sp³-hybridized carbons (Fsp3) is 0.786. The number of hydrogen-bond acceptors (Lipinski definition) is 4. The molecule has 0 spiro atoms. The van der Waals surface area contributed by atoms with E-state index in [1.165, 1.54) is 0 Å². The lowest BCUT2D eigenvalue weighted by atomic mass is 9.89. The van der Waals surface area contributed by atoms with Gasteiger partial charge in [0.2, 0.25) is 10.0 Å². The Morgan fingerprint density at radius 2 is 2.19 bits per heavy atom. The monoisotopic (exact) mass is 314 g/mol. The third kappa shape index (κ3) is 3.84. The van der Waals surface area contributed by atoms with Crippen LogP contribution < -0.4 is 4.72 Å². The molecule has 6 nitrogen and oxygen atoms in total. The van der Waals surface area contributed by atoms with Crippen molar-refractivity contribution in [3.8, 4) is 0 Å². The van der Waals surface area contributed by atoms with Gasteiger partial charge in [0.25, 0.3) is 0 Å². The summed E-state index contributed by atoms with van der Waals surface area (Å²) in [4.78, 5) is 2.19. The molecule has 2 N–H and O–H groups in total. The van der Waals surface area contributed by atoms with Gasteiger partial charge in [0.15, 0.2) is 0 Å². The van der Waals surface area contributed by atoms with Crippen LogP contribution in [0.1, 0.15) is 45.4 Å². The van der Waals surface area contributed by atoms with Gasteiger partial charge in [-0.25, -0.2) is 13.1 Å². The summed E-state index contributed by atoms with van der Waals surface area (Å²) < 4.78 is 26.7. The van der Waals surface area contributed by atoms with Crippen LogP contribution >= 0.6 is 0 Å². The highest BCUT2D eigenvalue weighted by Gasteiger charge is 2.33. The van der Waals surface area contributed by atoms with Crippen LogP contribution in [-0.4, -0.2) is 48.4 Å². The molecule has 120 valence electrons. The standard InChI is InChI=1S/C14H26N4O2S/c1-5-16-21(19,20)12-6-7-18(10-12)9-11-8-15-17-13(11)14(2,3)4/h8,12,16H,5-7,9-10H2,1-4H3,(H,15,17)/t12-/m1/s1. The Bertz CT molecular complexity index is 574. The molecule has 0 aliphatic carbocycles. The number of aromatic nitrogens is 2. The van der Waals surface area contributed by atoms with Gasteiger partial charge in [0, 0.05) is 36.3 Å². The topological polar surface area (TPSA) is 78.1 Å². The van der Waals surface area contributed by atoms with E-state index in [0.717, 1.165) is 24.3 Å². The second kappa shape index (κ2) is 6.06. The summed E-state index contributed by atoms with van der Waals surface area (Å²) in [7, 11) is -3.18. The zero-order chi connectivity index (χ0) is 15.7. The molecule has 1 aromatic rings. The summed E-state index contributed by atoms with van der Waals surface area (Å²) in [5, 5.41) is 6.92. The van der Waals surface area contributed by atoms with E-state index in [1.807, 2.05) is 13.1 Å². The van der Waals surface area contributed by atoms with Crippen LogP contribution in [0.3, 0.4) is 0 Å². The highest BCUT2D eigenvalue weighted by atomic mass is 32.2. The SMILES string of the molecule is CCNS(=O)(=O)[C@@H]1CCN(Cc2cn[nH]c2C(C)(C)C)C1. The number of H-pyrrole nitrogens is 1. The van der Waals surface area contributed by atoms with Gasteiger partial charge in [-0.1, -0.05) is 27.7 Å². The van der Waals surface area contributed by atoms with Gasteiger partial charge in [0.1, 0.15) is 0 Å². The van der Waals surface area contributed by atoms with Gasteiger partial charge in [-0.05, 0) is 13.0 Å². The van der Waals surface area contributed by atoms with Crippen molar-refractivity contribution in [2.24, 2.45) is 0 Å². The molecule has 0 aromatic carbocycles. The van der Waals surface area contributed by atoms with E-state index in [0.29, 0.717) is 19.5 Å². The molecule has 1 saturated heterocycles. The van der Waals surface area contributed by atoms with Gasteiger partial charge in [-0.2, -0.15) is 5.10 Å². The van der Waals surface area contributed by atoms with Crippen LogP contribution in [0.2, 0.25) is 0 Å². The minimum Gasteiger partial charge on any atom is -0.298 e. The largest absolute Gasteiger partial charge is 0.298 e. The number of rotatable bonds is 5. The van der Waals surface area contributed by atoms with Crippen molar-refractivity contribution in [1.29, 1.82) is 0 Å². The van der Waals surface area contributed by atoms with Crippen molar-refractivity contribution in [2.75, 3.05) is 19.6 Å². The van der Waals surface area contributed by atoms with Crippen molar-refractivity contribution in [2.45, 2.75) is 51.3 Å². The van der Waals surface area contributed by atoms with Crippen molar-refractivity contribution >= 4 is 10.0 Å². The Labute approximate surface area is 127 Å². The normalized spacial score (nSPS) is 21.0. The molecule has 1 fully saturated rings. The number of nitrogens with zero attached hydrogens (tertiary/aromatic N) is 2. The Balaban J connectivity index is 2.03. The molecular formula is C14H26N4O2S. The van der Waals surface area contributed by atoms with Gasteiger partial charge in [-0.3, -0.25) is 10.00 Å². The number of hydrogen-bond donors (Lipinski definition) is 2. The minimum absolute atomic E-state index is 0.0147. The number of nitrogens with one attached hydrogen (secondary N) is 2. The summed E-state index contributed by atoms with van der Waals surface area (Å²) in [6.45, 7) is 10.8. The average molecular weight is 314 g/mol. The molecule has 21 heavy (non-hydrogen) atoms. The summed E-state index contributed by atoms with van der Waals surface area (Å²) in [5.41, 5.74) is 2.30. The fourth-order valence-corrected chi connectivity index (χ4v) is 4.30. The summed E-state index contributed by atoms with van der Waals surface area (Å²) in [6, 6.07) is 0. The molecule has 0 amide bonds. The van der Waals surface area contributed by atoms with Crippen molar-refractivity contribution in [3.63, 3.8) is 0 Å². The lowest BCUT2D eigenvalue weighted by molar-refractivity contribution is 0.328. The minimum atomic E-state index is -3.18. The highest BCUT2D eigenvalue weighted by Crippen LogP contribution is 2.26. The number of likely N-dealkylation sites (tertiary alicyclic amines) is 1. The lowest BCUT2D eigenvalue weighted by Crippen LogP contribution is -2.36. The quantitative estimate of drug-likeness (QED) is 0.856. The second-order valence-electron chi connectivity index (χ2n) is 6.71. The predicted molar refractivity (Wildman–Crippen MR) is 83.6 cm³/mol. The molecule has 1 aromatic heterocycles. The Kier molecular flexibility index (Phi) is 4.75. The molecular weight excluding hydrogens is 288 g/mol. The molecule has 1 atom stereocenters. The Hall–Kier alpha value is -0.920. The summed E-state index contributed by atoms with van der Waals surface area (Å²) >= 11 is 0. The van der Waals surface area contributed by atoms with Crippen LogP contribution in [0, 0.1) is 0 Å². The number of sulfonamides is 1. The van der Waals surface area contributed by atoms with E-state index in [9.17, 15) is 8.42 Å². The van der Waals surface area contributed by atoms with Crippen LogP contribution in [0.5, 0.6) is 0 Å². The fourth-order valence-electron chi connectivity index (χ4n) is 2.83. The molecule has 7 heteroatoms. The molecule has 0 saturated carbocycles. The average Bonchev–Trinajstić information content (AvgIpc) is 2.97. The first kappa shape index (κ1) is 16.5. The predicted octanol–water partition coefficient (Wildman–Crippen LogP) is 1.22. The Morgan fingerprint density at radius 1 is 1.48 bits per heavy atom. The molecule has 0 radical (unpaired) electrons. The molecule has 1 aliphatic rings. The van der Waals surface area contributed by atoms with Crippen LogP contribution in [0.25, 0.3) is 0 Å². The van der Waals surface area contributed by atoms with E-state index in [-0.39, 0.29) is 10.7 Å². The van der Waals surface area contributed by atoms with Crippen LogP contribution in [0.4, 0.5) is 0 Å². The van der Waals surface area contributed by atoms with E-state index in [4.69, 9.17) is 0 Å². The van der Waals surface area contributed by atoms with E-state index >= 15 is 0 Å². The first-order valence-electron chi connectivity index (χ1n) is 7.47. The van der Waals surface area contributed by atoms with E-state index in [2.05, 4.69) is 40.6 Å². The van der Waals surface area contributed by atoms with Crippen molar-refractivity contribution < 1.29 is 8.42 Å². The first-order valence-corrected chi connectivity index (χ1v) is 9.02. The summed E-state index contributed by atoms with van der Waals surface area (Å²) in [6.07, 6.45) is 2.55. The van der Waals surface area contributed by atoms with Gasteiger partial charge >= 0.3 is 0 Å². The molecule has 2 rings (SSSR count). The molecule has 1 aliphatic heterocycles. The van der Waals surface area contributed by atoms with E-state index in [1.54, 1.807) is 0 Å². The zero-order valence-electron chi connectivity index (χ0n) is 13.3. The Morgan fingerprint density at radius 3 is 2.81 bits per heavy atom. The maximum Gasteiger partial charge on any atom is 0.215 e. The first-order chi connectivity index (χ1) is 9.74. The highest BCUT2D eigenvalue weighted by molar-refractivity contribution is 7.90. The molecule has 2 heterocycles.